The van der Waals surface area contributed by atoms with Crippen molar-refractivity contribution in [1.82, 2.24) is 20.3 Å². The molecule has 0 saturated carbocycles. The van der Waals surface area contributed by atoms with Gasteiger partial charge in [-0.3, -0.25) is 4.79 Å². The van der Waals surface area contributed by atoms with E-state index in [9.17, 15) is 4.79 Å². The van der Waals surface area contributed by atoms with Crippen LogP contribution in [-0.2, 0) is 0 Å². The van der Waals surface area contributed by atoms with Gasteiger partial charge in [-0.2, -0.15) is 0 Å². The summed E-state index contributed by atoms with van der Waals surface area (Å²) in [7, 11) is 1.60. The van der Waals surface area contributed by atoms with Crippen molar-refractivity contribution in [1.29, 1.82) is 0 Å². The molecule has 0 unspecified atom stereocenters. The monoisotopic (exact) mass is 368 g/mol. The Bertz CT molecular complexity index is 942. The molecular weight excluding hydrogens is 348 g/mol. The highest BCUT2D eigenvalue weighted by atomic mass is 32.1. The number of piperidine rings is 1. The molecule has 0 bridgehead atoms. The molecule has 7 nitrogen and oxygen atoms in total. The first-order chi connectivity index (χ1) is 12.7. The molecule has 0 aromatic carbocycles. The zero-order chi connectivity index (χ0) is 18.1. The number of nitrogens with two attached hydrogens (primary N) is 1. The number of carbonyl (C=O) groups excluding carboxylic acids is 1. The van der Waals surface area contributed by atoms with Crippen molar-refractivity contribution >= 4 is 39.1 Å². The Morgan fingerprint density at radius 2 is 2.12 bits per heavy atom. The van der Waals surface area contributed by atoms with Crippen molar-refractivity contribution in [2.24, 2.45) is 0 Å². The molecular formula is C18H20N6OS. The number of nitrogen functional groups attached to an aromatic ring is 1. The fourth-order valence-electron chi connectivity index (χ4n) is 3.40. The molecule has 1 aliphatic rings. The van der Waals surface area contributed by atoms with Gasteiger partial charge in [0.05, 0.1) is 17.4 Å². The van der Waals surface area contributed by atoms with Gasteiger partial charge in [0, 0.05) is 31.4 Å². The summed E-state index contributed by atoms with van der Waals surface area (Å²) in [5, 5.41) is 3.46. The summed E-state index contributed by atoms with van der Waals surface area (Å²) >= 11 is 1.33. The average molecular weight is 368 g/mol. The summed E-state index contributed by atoms with van der Waals surface area (Å²) in [6.07, 6.45) is 6.79. The highest BCUT2D eigenvalue weighted by molar-refractivity contribution is 7.21. The fraction of sp³-hybridized carbons (Fsp3) is 0.333. The van der Waals surface area contributed by atoms with E-state index in [1.807, 2.05) is 18.2 Å². The quantitative estimate of drug-likeness (QED) is 0.738. The topological polar surface area (TPSA) is 97.0 Å². The lowest BCUT2D eigenvalue weighted by Crippen LogP contribution is -2.35. The number of fused-ring (bicyclic) bond motifs is 1. The predicted molar refractivity (Wildman–Crippen MR) is 103 cm³/mol. The van der Waals surface area contributed by atoms with Crippen LogP contribution in [0.5, 0.6) is 0 Å². The molecule has 0 spiro atoms. The van der Waals surface area contributed by atoms with Crippen LogP contribution in [0.3, 0.4) is 0 Å². The van der Waals surface area contributed by atoms with E-state index >= 15 is 0 Å². The summed E-state index contributed by atoms with van der Waals surface area (Å²) < 4.78 is 0. The second-order valence-electron chi connectivity index (χ2n) is 6.27. The number of carbonyl (C=O) groups is 1. The van der Waals surface area contributed by atoms with Crippen molar-refractivity contribution in [2.75, 3.05) is 24.2 Å². The van der Waals surface area contributed by atoms with E-state index in [4.69, 9.17) is 10.7 Å². The molecule has 134 valence electrons. The molecule has 26 heavy (non-hydrogen) atoms. The van der Waals surface area contributed by atoms with Crippen molar-refractivity contribution in [2.45, 2.75) is 25.3 Å². The number of aromatic nitrogens is 3. The molecule has 3 aromatic rings. The Kier molecular flexibility index (Phi) is 4.42. The second kappa shape index (κ2) is 6.87. The van der Waals surface area contributed by atoms with E-state index in [0.29, 0.717) is 10.6 Å². The third-order valence-corrected chi connectivity index (χ3v) is 5.82. The van der Waals surface area contributed by atoms with Gasteiger partial charge >= 0.3 is 0 Å². The smallest absolute Gasteiger partial charge is 0.263 e. The van der Waals surface area contributed by atoms with Gasteiger partial charge in [-0.15, -0.1) is 11.3 Å². The van der Waals surface area contributed by atoms with E-state index in [-0.39, 0.29) is 11.9 Å². The minimum absolute atomic E-state index is 0.127. The van der Waals surface area contributed by atoms with Crippen LogP contribution in [-0.4, -0.2) is 34.5 Å². The highest BCUT2D eigenvalue weighted by Crippen LogP contribution is 2.37. The summed E-state index contributed by atoms with van der Waals surface area (Å²) in [6, 6.07) is 5.92. The first-order valence-electron chi connectivity index (χ1n) is 8.63. The maximum Gasteiger partial charge on any atom is 0.263 e. The summed E-state index contributed by atoms with van der Waals surface area (Å²) in [5.74, 6) is 0.555. The number of amides is 1. The van der Waals surface area contributed by atoms with Crippen LogP contribution in [0.1, 0.15) is 40.7 Å². The molecule has 0 radical (unpaired) electrons. The average Bonchev–Trinajstić information content (AvgIpc) is 3.04. The Balaban J connectivity index is 1.74. The standard InChI is InChI=1S/C18H20N6OS/c1-20-16(25)15-14(19)11-6-7-12(23-17(11)26-15)13-5-2-3-10-24(13)18-21-8-4-9-22-18/h4,6-9,13H,2-3,5,10,19H2,1H3,(H,20,25)/t13-/m1/s1. The third kappa shape index (κ3) is 2.86. The largest absolute Gasteiger partial charge is 0.397 e. The molecule has 8 heteroatoms. The van der Waals surface area contributed by atoms with Crippen LogP contribution >= 0.6 is 11.3 Å². The van der Waals surface area contributed by atoms with Gasteiger partial charge in [0.1, 0.15) is 9.71 Å². The summed E-state index contributed by atoms with van der Waals surface area (Å²) in [6.45, 7) is 0.907. The van der Waals surface area contributed by atoms with E-state index in [1.165, 1.54) is 11.3 Å². The molecule has 4 heterocycles. The molecule has 1 atom stereocenters. The third-order valence-electron chi connectivity index (χ3n) is 4.70. The number of thiophene rings is 1. The highest BCUT2D eigenvalue weighted by Gasteiger charge is 2.27. The minimum Gasteiger partial charge on any atom is -0.397 e. The van der Waals surface area contributed by atoms with Crippen molar-refractivity contribution in [3.8, 4) is 0 Å². The fourth-order valence-corrected chi connectivity index (χ4v) is 4.44. The molecule has 4 rings (SSSR count). The van der Waals surface area contributed by atoms with Gasteiger partial charge in [-0.25, -0.2) is 15.0 Å². The van der Waals surface area contributed by atoms with Gasteiger partial charge < -0.3 is 16.0 Å². The van der Waals surface area contributed by atoms with Gasteiger partial charge in [0.2, 0.25) is 5.95 Å². The van der Waals surface area contributed by atoms with Crippen LogP contribution in [0.4, 0.5) is 11.6 Å². The van der Waals surface area contributed by atoms with E-state index in [1.54, 1.807) is 19.4 Å². The molecule has 3 aromatic heterocycles. The van der Waals surface area contributed by atoms with E-state index in [0.717, 1.165) is 47.7 Å². The molecule has 0 aliphatic carbocycles. The summed E-state index contributed by atoms with van der Waals surface area (Å²) in [4.78, 5) is 29.2. The number of hydrogen-bond donors (Lipinski definition) is 2. The predicted octanol–water partition coefficient (Wildman–Crippen LogP) is 2.76. The lowest BCUT2D eigenvalue weighted by Gasteiger charge is -2.35. The van der Waals surface area contributed by atoms with Gasteiger partial charge in [0.25, 0.3) is 5.91 Å². The molecule has 1 aliphatic heterocycles. The zero-order valence-corrected chi connectivity index (χ0v) is 15.3. The molecule has 3 N–H and O–H groups in total. The second-order valence-corrected chi connectivity index (χ2v) is 7.27. The van der Waals surface area contributed by atoms with E-state index in [2.05, 4.69) is 20.2 Å². The first kappa shape index (κ1) is 16.7. The molecule has 1 amide bonds. The lowest BCUT2D eigenvalue weighted by molar-refractivity contribution is 0.0968. The van der Waals surface area contributed by atoms with Gasteiger partial charge in [-0.1, -0.05) is 0 Å². The Morgan fingerprint density at radius 3 is 2.88 bits per heavy atom. The van der Waals surface area contributed by atoms with Crippen molar-refractivity contribution in [3.05, 3.63) is 41.2 Å². The van der Waals surface area contributed by atoms with Crippen LogP contribution in [0, 0.1) is 0 Å². The van der Waals surface area contributed by atoms with E-state index < -0.39 is 0 Å². The number of anilines is 2. The number of nitrogens with zero attached hydrogens (tertiary/aromatic N) is 4. The Morgan fingerprint density at radius 1 is 1.31 bits per heavy atom. The number of pyridine rings is 1. The minimum atomic E-state index is -0.177. The Hall–Kier alpha value is -2.74. The summed E-state index contributed by atoms with van der Waals surface area (Å²) in [5.41, 5.74) is 7.60. The molecule has 1 saturated heterocycles. The number of nitrogens with one attached hydrogen (secondary N) is 1. The lowest BCUT2D eigenvalue weighted by atomic mass is 9.99. The maximum atomic E-state index is 12.0. The van der Waals surface area contributed by atoms with Crippen molar-refractivity contribution in [3.63, 3.8) is 0 Å². The Labute approximate surface area is 155 Å². The van der Waals surface area contributed by atoms with Gasteiger partial charge in [-0.05, 0) is 37.5 Å². The van der Waals surface area contributed by atoms with Crippen LogP contribution in [0.2, 0.25) is 0 Å². The zero-order valence-electron chi connectivity index (χ0n) is 14.5. The SMILES string of the molecule is CNC(=O)c1sc2nc([C@H]3CCCCN3c3ncccn3)ccc2c1N. The first-order valence-corrected chi connectivity index (χ1v) is 9.45. The van der Waals surface area contributed by atoms with Crippen molar-refractivity contribution < 1.29 is 4.79 Å². The number of rotatable bonds is 3. The maximum absolute atomic E-state index is 12.0. The number of hydrogen-bond acceptors (Lipinski definition) is 7. The molecule has 1 fully saturated rings. The van der Waals surface area contributed by atoms with Gasteiger partial charge in [0.15, 0.2) is 0 Å². The van der Waals surface area contributed by atoms with Crippen LogP contribution in [0.15, 0.2) is 30.6 Å². The normalized spacial score (nSPS) is 17.4. The van der Waals surface area contributed by atoms with Crippen LogP contribution < -0.4 is 16.0 Å². The van der Waals surface area contributed by atoms with Crippen LogP contribution in [0.25, 0.3) is 10.2 Å².